The first-order chi connectivity index (χ1) is 7.79. The van der Waals surface area contributed by atoms with E-state index < -0.39 is 0 Å². The smallest absolute Gasteiger partial charge is 0.130 e. The Kier molecular flexibility index (Phi) is 3.65. The van der Waals surface area contributed by atoms with Crippen LogP contribution < -0.4 is 10.2 Å². The van der Waals surface area contributed by atoms with Crippen molar-refractivity contribution < 1.29 is 0 Å². The first-order valence-corrected chi connectivity index (χ1v) is 6.21. The predicted molar refractivity (Wildman–Crippen MR) is 69.0 cm³/mol. The van der Waals surface area contributed by atoms with Gasteiger partial charge in [0.15, 0.2) is 0 Å². The van der Waals surface area contributed by atoms with Gasteiger partial charge in [-0.1, -0.05) is 13.0 Å². The zero-order valence-electron chi connectivity index (χ0n) is 10.2. The number of rotatable bonds is 6. The van der Waals surface area contributed by atoms with Gasteiger partial charge in [0.05, 0.1) is 0 Å². The molecule has 2 rings (SSSR count). The van der Waals surface area contributed by atoms with Crippen molar-refractivity contribution >= 4 is 11.6 Å². The van der Waals surface area contributed by atoms with Gasteiger partial charge in [-0.05, 0) is 37.3 Å². The fourth-order valence-electron chi connectivity index (χ4n) is 1.77. The second-order valence-electron chi connectivity index (χ2n) is 4.63. The summed E-state index contributed by atoms with van der Waals surface area (Å²) in [7, 11) is 2.13. The molecule has 0 bridgehead atoms. The molecule has 88 valence electrons. The van der Waals surface area contributed by atoms with Crippen molar-refractivity contribution in [1.29, 1.82) is 0 Å². The summed E-state index contributed by atoms with van der Waals surface area (Å²) in [5.74, 6) is 2.97. The van der Waals surface area contributed by atoms with Crippen LogP contribution in [0.3, 0.4) is 0 Å². The Labute approximate surface area is 97.9 Å². The molecule has 0 saturated heterocycles. The van der Waals surface area contributed by atoms with Crippen LogP contribution in [0.1, 0.15) is 26.2 Å². The van der Waals surface area contributed by atoms with Gasteiger partial charge < -0.3 is 10.2 Å². The molecule has 1 aromatic heterocycles. The maximum atomic E-state index is 4.61. The van der Waals surface area contributed by atoms with Crippen LogP contribution in [0.2, 0.25) is 0 Å². The topological polar surface area (TPSA) is 28.2 Å². The van der Waals surface area contributed by atoms with Gasteiger partial charge in [0.2, 0.25) is 0 Å². The van der Waals surface area contributed by atoms with Gasteiger partial charge in [0.25, 0.3) is 0 Å². The molecule has 1 aromatic rings. The lowest BCUT2D eigenvalue weighted by atomic mass is 10.3. The molecule has 1 fully saturated rings. The minimum atomic E-state index is 0.902. The molecule has 0 atom stereocenters. The largest absolute Gasteiger partial charge is 0.370 e. The highest BCUT2D eigenvalue weighted by atomic mass is 15.2. The Hall–Kier alpha value is -1.25. The van der Waals surface area contributed by atoms with Crippen LogP contribution in [0.15, 0.2) is 18.2 Å². The van der Waals surface area contributed by atoms with E-state index in [1.54, 1.807) is 0 Å². The Bertz CT molecular complexity index is 334. The lowest BCUT2D eigenvalue weighted by Crippen LogP contribution is -2.21. The van der Waals surface area contributed by atoms with Crippen LogP contribution in [-0.2, 0) is 0 Å². The highest BCUT2D eigenvalue weighted by Gasteiger charge is 2.23. The lowest BCUT2D eigenvalue weighted by molar-refractivity contribution is 0.777. The van der Waals surface area contributed by atoms with Crippen LogP contribution >= 0.6 is 0 Å². The summed E-state index contributed by atoms with van der Waals surface area (Å²) < 4.78 is 0. The minimum Gasteiger partial charge on any atom is -0.370 e. The first-order valence-electron chi connectivity index (χ1n) is 6.21. The van der Waals surface area contributed by atoms with E-state index in [9.17, 15) is 0 Å². The van der Waals surface area contributed by atoms with Crippen molar-refractivity contribution in [2.24, 2.45) is 5.92 Å². The molecular formula is C13H21N3. The van der Waals surface area contributed by atoms with Crippen molar-refractivity contribution in [3.05, 3.63) is 18.2 Å². The van der Waals surface area contributed by atoms with Crippen molar-refractivity contribution in [1.82, 2.24) is 4.98 Å². The van der Waals surface area contributed by atoms with Gasteiger partial charge in [-0.2, -0.15) is 0 Å². The summed E-state index contributed by atoms with van der Waals surface area (Å²) in [6, 6.07) is 6.19. The molecule has 1 heterocycles. The zero-order valence-corrected chi connectivity index (χ0v) is 10.2. The fourth-order valence-corrected chi connectivity index (χ4v) is 1.77. The molecule has 0 aromatic carbocycles. The van der Waals surface area contributed by atoms with Crippen LogP contribution in [0.5, 0.6) is 0 Å². The maximum absolute atomic E-state index is 4.61. The van der Waals surface area contributed by atoms with E-state index in [-0.39, 0.29) is 0 Å². The van der Waals surface area contributed by atoms with E-state index >= 15 is 0 Å². The highest BCUT2D eigenvalue weighted by molar-refractivity contribution is 5.46. The Morgan fingerprint density at radius 1 is 1.44 bits per heavy atom. The summed E-state index contributed by atoms with van der Waals surface area (Å²) in [4.78, 5) is 6.86. The first kappa shape index (κ1) is 11.2. The Morgan fingerprint density at radius 3 is 2.94 bits per heavy atom. The predicted octanol–water partition coefficient (Wildman–Crippen LogP) is 2.75. The van der Waals surface area contributed by atoms with Crippen molar-refractivity contribution in [2.45, 2.75) is 26.2 Å². The number of nitrogens with zero attached hydrogens (tertiary/aromatic N) is 2. The van der Waals surface area contributed by atoms with Crippen LogP contribution in [0.4, 0.5) is 11.6 Å². The zero-order chi connectivity index (χ0) is 11.4. The molecule has 0 aliphatic heterocycles. The van der Waals surface area contributed by atoms with Crippen LogP contribution in [0, 0.1) is 5.92 Å². The molecule has 1 aliphatic carbocycles. The van der Waals surface area contributed by atoms with Crippen molar-refractivity contribution in [2.75, 3.05) is 30.4 Å². The molecule has 0 amide bonds. The van der Waals surface area contributed by atoms with Gasteiger partial charge in [0, 0.05) is 20.1 Å². The van der Waals surface area contributed by atoms with Crippen LogP contribution in [-0.4, -0.2) is 25.1 Å². The van der Waals surface area contributed by atoms with Crippen molar-refractivity contribution in [3.8, 4) is 0 Å². The van der Waals surface area contributed by atoms with Crippen LogP contribution in [0.25, 0.3) is 0 Å². The van der Waals surface area contributed by atoms with E-state index in [1.807, 2.05) is 6.07 Å². The molecule has 0 unspecified atom stereocenters. The number of anilines is 2. The second kappa shape index (κ2) is 5.19. The number of pyridine rings is 1. The standard InChI is InChI=1S/C13H21N3/c1-3-9-14-12-5-4-6-13(15-12)16(2)10-11-7-8-11/h4-6,11H,3,7-10H2,1-2H3,(H,14,15). The average Bonchev–Trinajstić information content (AvgIpc) is 3.10. The fraction of sp³-hybridized carbons (Fsp3) is 0.615. The molecule has 0 spiro atoms. The molecule has 3 nitrogen and oxygen atoms in total. The van der Waals surface area contributed by atoms with Gasteiger partial charge in [-0.25, -0.2) is 4.98 Å². The monoisotopic (exact) mass is 219 g/mol. The molecule has 0 radical (unpaired) electrons. The summed E-state index contributed by atoms with van der Waals surface area (Å²) in [5, 5.41) is 3.32. The number of aromatic nitrogens is 1. The SMILES string of the molecule is CCCNc1cccc(N(C)CC2CC2)n1. The van der Waals surface area contributed by atoms with E-state index in [0.29, 0.717) is 0 Å². The molecule has 16 heavy (non-hydrogen) atoms. The van der Waals surface area contributed by atoms with E-state index in [2.05, 4.69) is 41.3 Å². The second-order valence-corrected chi connectivity index (χ2v) is 4.63. The molecule has 3 heteroatoms. The van der Waals surface area contributed by atoms with Gasteiger partial charge >= 0.3 is 0 Å². The number of hydrogen-bond acceptors (Lipinski definition) is 3. The van der Waals surface area contributed by atoms with Gasteiger partial charge in [0.1, 0.15) is 11.6 Å². The minimum absolute atomic E-state index is 0.902. The maximum Gasteiger partial charge on any atom is 0.130 e. The number of hydrogen-bond donors (Lipinski definition) is 1. The lowest BCUT2D eigenvalue weighted by Gasteiger charge is -2.18. The highest BCUT2D eigenvalue weighted by Crippen LogP contribution is 2.30. The van der Waals surface area contributed by atoms with Crippen molar-refractivity contribution in [3.63, 3.8) is 0 Å². The third-order valence-corrected chi connectivity index (χ3v) is 2.91. The van der Waals surface area contributed by atoms with E-state index in [1.165, 1.54) is 12.8 Å². The summed E-state index contributed by atoms with van der Waals surface area (Å²) in [6.45, 7) is 4.29. The molecule has 1 aliphatic rings. The Morgan fingerprint density at radius 2 is 2.25 bits per heavy atom. The summed E-state index contributed by atoms with van der Waals surface area (Å²) in [6.07, 6.45) is 3.90. The third kappa shape index (κ3) is 3.12. The summed E-state index contributed by atoms with van der Waals surface area (Å²) in [5.41, 5.74) is 0. The quantitative estimate of drug-likeness (QED) is 0.797. The average molecular weight is 219 g/mol. The molecule has 1 N–H and O–H groups in total. The van der Waals surface area contributed by atoms with Gasteiger partial charge in [-0.15, -0.1) is 0 Å². The summed E-state index contributed by atoms with van der Waals surface area (Å²) >= 11 is 0. The van der Waals surface area contributed by atoms with E-state index in [0.717, 1.165) is 37.1 Å². The molecular weight excluding hydrogens is 198 g/mol. The third-order valence-electron chi connectivity index (χ3n) is 2.91. The normalized spacial score (nSPS) is 14.9. The van der Waals surface area contributed by atoms with Gasteiger partial charge in [-0.3, -0.25) is 0 Å². The van der Waals surface area contributed by atoms with E-state index in [4.69, 9.17) is 0 Å². The Balaban J connectivity index is 1.96. The molecule has 1 saturated carbocycles. The number of nitrogens with one attached hydrogen (secondary N) is 1.